The van der Waals surface area contributed by atoms with Crippen LogP contribution >= 0.6 is 11.8 Å². The number of hydrogen-bond donors (Lipinski definition) is 0. The van der Waals surface area contributed by atoms with E-state index >= 15 is 0 Å². The second kappa shape index (κ2) is 10.4. The highest BCUT2D eigenvalue weighted by Crippen LogP contribution is 2.42. The maximum atomic E-state index is 13.8. The number of fused-ring (bicyclic) bond motifs is 1. The molecule has 0 aromatic heterocycles. The fourth-order valence-corrected chi connectivity index (χ4v) is 6.20. The number of carbonyl (C=O) groups is 2. The second-order valence-electron chi connectivity index (χ2n) is 8.82. The first kappa shape index (κ1) is 23.2. The van der Waals surface area contributed by atoms with E-state index < -0.39 is 0 Å². The minimum Gasteiger partial charge on any atom is -0.273 e. The number of carbonyl (C=O) groups excluding carboxylic acids is 2. The number of amides is 2. The smallest absolute Gasteiger partial charge is 0.273 e. The van der Waals surface area contributed by atoms with Gasteiger partial charge in [-0.05, 0) is 48.2 Å². The van der Waals surface area contributed by atoms with Gasteiger partial charge in [-0.3, -0.25) is 9.59 Å². The molecule has 0 saturated carbocycles. The van der Waals surface area contributed by atoms with Crippen molar-refractivity contribution in [3.05, 3.63) is 114 Å². The number of rotatable bonds is 5. The van der Waals surface area contributed by atoms with E-state index in [0.29, 0.717) is 12.0 Å². The maximum Gasteiger partial charge on any atom is 0.273 e. The number of thioether (sulfide) groups is 1. The Balaban J connectivity index is 1.47. The van der Waals surface area contributed by atoms with Crippen LogP contribution in [0.25, 0.3) is 11.1 Å². The summed E-state index contributed by atoms with van der Waals surface area (Å²) in [5, 5.41) is 3.39. The van der Waals surface area contributed by atoms with Crippen LogP contribution in [0.3, 0.4) is 0 Å². The lowest BCUT2D eigenvalue weighted by Crippen LogP contribution is -2.48. The Morgan fingerprint density at radius 1 is 0.943 bits per heavy atom. The molecule has 3 aromatic carbocycles. The van der Waals surface area contributed by atoms with Crippen LogP contribution in [0, 0.1) is 5.92 Å². The monoisotopic (exact) mass is 480 g/mol. The molecular formula is C30H28N2O2S. The van der Waals surface area contributed by atoms with Crippen LogP contribution in [-0.4, -0.2) is 34.1 Å². The van der Waals surface area contributed by atoms with Crippen molar-refractivity contribution in [2.75, 3.05) is 7.05 Å². The Bertz CT molecular complexity index is 1270. The molecule has 2 aliphatic rings. The fourth-order valence-electron chi connectivity index (χ4n) is 4.88. The lowest BCUT2D eigenvalue weighted by atomic mass is 9.92. The summed E-state index contributed by atoms with van der Waals surface area (Å²) in [6.07, 6.45) is 8.18. The first-order valence-electron chi connectivity index (χ1n) is 12.0. The fraction of sp³-hybridized carbons (Fsp3) is 0.200. The van der Waals surface area contributed by atoms with Gasteiger partial charge in [-0.2, -0.15) is 0 Å². The third kappa shape index (κ3) is 4.82. The van der Waals surface area contributed by atoms with Crippen LogP contribution < -0.4 is 0 Å². The van der Waals surface area contributed by atoms with Crippen molar-refractivity contribution in [1.82, 2.24) is 10.0 Å². The summed E-state index contributed by atoms with van der Waals surface area (Å²) in [4.78, 5) is 28.5. The minimum absolute atomic E-state index is 0.0410. The summed E-state index contributed by atoms with van der Waals surface area (Å²) >= 11 is 1.83. The highest BCUT2D eigenvalue weighted by Gasteiger charge is 2.39. The van der Waals surface area contributed by atoms with Crippen molar-refractivity contribution in [3.63, 3.8) is 0 Å². The molecule has 1 fully saturated rings. The number of benzene rings is 3. The molecule has 4 nitrogen and oxygen atoms in total. The van der Waals surface area contributed by atoms with E-state index in [1.807, 2.05) is 96.7 Å². The van der Waals surface area contributed by atoms with Gasteiger partial charge in [-0.1, -0.05) is 78.9 Å². The van der Waals surface area contributed by atoms with Crippen molar-refractivity contribution < 1.29 is 9.59 Å². The zero-order valence-electron chi connectivity index (χ0n) is 19.7. The van der Waals surface area contributed by atoms with Gasteiger partial charge < -0.3 is 0 Å². The van der Waals surface area contributed by atoms with Crippen LogP contribution in [0.1, 0.15) is 29.6 Å². The van der Waals surface area contributed by atoms with Crippen LogP contribution in [0.5, 0.6) is 0 Å². The van der Waals surface area contributed by atoms with Crippen LogP contribution in [-0.2, 0) is 4.79 Å². The molecule has 0 N–H and O–H groups in total. The molecular weight excluding hydrogens is 452 g/mol. The molecule has 35 heavy (non-hydrogen) atoms. The Hall–Kier alpha value is -3.57. The summed E-state index contributed by atoms with van der Waals surface area (Å²) in [7, 11) is 1.71. The summed E-state index contributed by atoms with van der Waals surface area (Å²) in [6, 6.07) is 27.8. The Kier molecular flexibility index (Phi) is 6.87. The minimum atomic E-state index is -0.193. The molecule has 1 heterocycles. The molecule has 3 aromatic rings. The van der Waals surface area contributed by atoms with E-state index in [9.17, 15) is 9.59 Å². The van der Waals surface area contributed by atoms with E-state index in [0.717, 1.165) is 29.7 Å². The van der Waals surface area contributed by atoms with Crippen LogP contribution in [0.2, 0.25) is 0 Å². The first-order chi connectivity index (χ1) is 17.1. The molecule has 0 bridgehead atoms. The maximum absolute atomic E-state index is 13.8. The molecule has 0 spiro atoms. The summed E-state index contributed by atoms with van der Waals surface area (Å²) in [5.74, 6) is -0.0850. The molecule has 1 aliphatic heterocycles. The SMILES string of the molecule is CN(C(=O)c1ccccc1-c1ccccc1)N1C(=O)CCC(Sc2ccccc2)C2CC=CC=C21. The summed E-state index contributed by atoms with van der Waals surface area (Å²) in [6.45, 7) is 0. The van der Waals surface area contributed by atoms with E-state index in [1.165, 1.54) is 9.90 Å². The molecule has 0 radical (unpaired) electrons. The Morgan fingerprint density at radius 3 is 2.40 bits per heavy atom. The Labute approximate surface area is 210 Å². The summed E-state index contributed by atoms with van der Waals surface area (Å²) in [5.41, 5.74) is 3.32. The third-order valence-electron chi connectivity index (χ3n) is 6.61. The third-order valence-corrected chi connectivity index (χ3v) is 8.02. The van der Waals surface area contributed by atoms with Gasteiger partial charge in [-0.15, -0.1) is 11.8 Å². The van der Waals surface area contributed by atoms with E-state index in [2.05, 4.69) is 18.2 Å². The van der Waals surface area contributed by atoms with Crippen molar-refractivity contribution in [3.8, 4) is 11.1 Å². The number of hydrazine groups is 1. The topological polar surface area (TPSA) is 40.6 Å². The standard InChI is InChI=1S/C30H28N2O2S/c1-31(30(34)25-17-9-8-16-24(25)22-12-4-2-5-13-22)32-27-19-11-10-18-26(27)28(20-21-29(32)33)35-23-14-6-3-7-15-23/h2-17,19,26,28H,18,20-21H2,1H3. The normalized spacial score (nSPS) is 19.5. The van der Waals surface area contributed by atoms with Gasteiger partial charge in [0.1, 0.15) is 0 Å². The largest absolute Gasteiger partial charge is 0.273 e. The highest BCUT2D eigenvalue weighted by molar-refractivity contribution is 8.00. The van der Waals surface area contributed by atoms with Gasteiger partial charge in [0.25, 0.3) is 5.91 Å². The van der Waals surface area contributed by atoms with Gasteiger partial charge in [0, 0.05) is 40.8 Å². The van der Waals surface area contributed by atoms with E-state index in [-0.39, 0.29) is 23.0 Å². The van der Waals surface area contributed by atoms with Crippen molar-refractivity contribution in [1.29, 1.82) is 0 Å². The van der Waals surface area contributed by atoms with Gasteiger partial charge in [0.05, 0.1) is 0 Å². The Morgan fingerprint density at radius 2 is 1.63 bits per heavy atom. The van der Waals surface area contributed by atoms with Gasteiger partial charge in [0.2, 0.25) is 5.91 Å². The molecule has 2 atom stereocenters. The van der Waals surface area contributed by atoms with Gasteiger partial charge in [-0.25, -0.2) is 10.0 Å². The van der Waals surface area contributed by atoms with Crippen LogP contribution in [0.4, 0.5) is 0 Å². The molecule has 2 amide bonds. The predicted molar refractivity (Wildman–Crippen MR) is 141 cm³/mol. The molecule has 1 aliphatic carbocycles. The molecule has 2 unspecified atom stereocenters. The molecule has 176 valence electrons. The lowest BCUT2D eigenvalue weighted by Gasteiger charge is -2.37. The quantitative estimate of drug-likeness (QED) is 0.414. The lowest BCUT2D eigenvalue weighted by molar-refractivity contribution is -0.139. The number of nitrogens with zero attached hydrogens (tertiary/aromatic N) is 2. The molecule has 1 saturated heterocycles. The second-order valence-corrected chi connectivity index (χ2v) is 10.1. The van der Waals surface area contributed by atoms with Crippen LogP contribution in [0.15, 0.2) is 114 Å². The average molecular weight is 481 g/mol. The zero-order valence-corrected chi connectivity index (χ0v) is 20.5. The average Bonchev–Trinajstić information content (AvgIpc) is 3.05. The van der Waals surface area contributed by atoms with Gasteiger partial charge >= 0.3 is 0 Å². The molecule has 5 rings (SSSR count). The predicted octanol–water partition coefficient (Wildman–Crippen LogP) is 6.58. The number of hydrogen-bond acceptors (Lipinski definition) is 3. The highest BCUT2D eigenvalue weighted by atomic mass is 32.2. The zero-order chi connectivity index (χ0) is 24.2. The summed E-state index contributed by atoms with van der Waals surface area (Å²) < 4.78 is 0. The molecule has 5 heteroatoms. The van der Waals surface area contributed by atoms with Crippen molar-refractivity contribution >= 4 is 23.6 Å². The van der Waals surface area contributed by atoms with Crippen molar-refractivity contribution in [2.45, 2.75) is 29.4 Å². The first-order valence-corrected chi connectivity index (χ1v) is 12.9. The number of allylic oxidation sites excluding steroid dienone is 4. The van der Waals surface area contributed by atoms with Crippen molar-refractivity contribution in [2.24, 2.45) is 5.92 Å². The van der Waals surface area contributed by atoms with Gasteiger partial charge in [0.15, 0.2) is 0 Å². The van der Waals surface area contributed by atoms with E-state index in [4.69, 9.17) is 0 Å². The van der Waals surface area contributed by atoms with E-state index in [1.54, 1.807) is 12.1 Å².